The Kier molecular flexibility index (Phi) is 9.76. The van der Waals surface area contributed by atoms with Crippen LogP contribution in [0.4, 0.5) is 16.2 Å². The van der Waals surface area contributed by atoms with Crippen molar-refractivity contribution in [1.82, 2.24) is 4.57 Å². The Morgan fingerprint density at radius 3 is 2.40 bits per heavy atom. The van der Waals surface area contributed by atoms with Gasteiger partial charge in [0.15, 0.2) is 5.69 Å². The maximum atomic E-state index is 12.6. The number of halogens is 1. The van der Waals surface area contributed by atoms with Gasteiger partial charge in [-0.2, -0.15) is 0 Å². The van der Waals surface area contributed by atoms with Crippen molar-refractivity contribution in [3.63, 3.8) is 0 Å². The zero-order chi connectivity index (χ0) is 30.2. The number of benzene rings is 4. The molecule has 2 amide bonds. The number of fused-ring (bicyclic) bond motifs is 1. The average molecular weight is 613 g/mol. The van der Waals surface area contributed by atoms with Gasteiger partial charge in [0.05, 0.1) is 28.9 Å². The number of urea groups is 1. The first-order chi connectivity index (χ1) is 20.9. The Morgan fingerprint density at radius 2 is 1.65 bits per heavy atom. The number of aromatic hydroxyl groups is 1. The van der Waals surface area contributed by atoms with Gasteiger partial charge in [-0.25, -0.2) is 9.59 Å². The van der Waals surface area contributed by atoms with Crippen molar-refractivity contribution in [2.75, 3.05) is 18.2 Å². The van der Waals surface area contributed by atoms with Gasteiger partial charge in [-0.15, -0.1) is 16.9 Å². The Hall–Kier alpha value is -4.60. The number of nitrogens with zero attached hydrogens (tertiary/aromatic N) is 3. The molecule has 2 N–H and O–H groups in total. The molecule has 1 heterocycles. The molecular formula is C33H29ClN4O4S. The lowest BCUT2D eigenvalue weighted by Crippen LogP contribution is -2.05. The standard InChI is InChI=1S/C33H29ClN4O4S/c1-42-32(40)24-13-11-23(12-14-24)18-20-43-25-15-16-29-26(21-25)30(31(39)38(29)19-17-22-7-3-2-4-8-22)36-37-33(41)35-28-10-6-5-9-27(28)34/h2-16,21,39H,17-20H2,1H3,(H,35,41). The molecule has 8 nitrogen and oxygen atoms in total. The SMILES string of the molecule is COC(=O)c1ccc(CCSc2ccc3c(c2)c(N=NC(=O)Nc2ccccc2Cl)c(O)n3CCc2ccccc2)cc1. The fourth-order valence-corrected chi connectivity index (χ4v) is 5.74. The summed E-state index contributed by atoms with van der Waals surface area (Å²) in [5.41, 5.74) is 4.18. The predicted molar refractivity (Wildman–Crippen MR) is 171 cm³/mol. The smallest absolute Gasteiger partial charge is 0.364 e. The van der Waals surface area contributed by atoms with E-state index in [4.69, 9.17) is 16.3 Å². The van der Waals surface area contributed by atoms with Gasteiger partial charge in [0, 0.05) is 22.6 Å². The van der Waals surface area contributed by atoms with E-state index in [-0.39, 0.29) is 17.5 Å². The van der Waals surface area contributed by atoms with Gasteiger partial charge in [-0.3, -0.25) is 0 Å². The van der Waals surface area contributed by atoms with Gasteiger partial charge in [0.2, 0.25) is 5.88 Å². The van der Waals surface area contributed by atoms with Gasteiger partial charge in [0.1, 0.15) is 0 Å². The van der Waals surface area contributed by atoms with Crippen molar-refractivity contribution in [3.05, 3.63) is 119 Å². The number of aryl methyl sites for hydroxylation is 3. The molecule has 0 bridgehead atoms. The fourth-order valence-electron chi connectivity index (χ4n) is 4.61. The molecule has 43 heavy (non-hydrogen) atoms. The molecule has 4 aromatic carbocycles. The van der Waals surface area contributed by atoms with E-state index in [0.717, 1.165) is 33.7 Å². The summed E-state index contributed by atoms with van der Waals surface area (Å²) in [6.45, 7) is 0.516. The number of thioether (sulfide) groups is 1. The molecule has 1 aromatic heterocycles. The molecule has 10 heteroatoms. The molecule has 0 saturated carbocycles. The topological polar surface area (TPSA) is 105 Å². The van der Waals surface area contributed by atoms with Crippen LogP contribution in [-0.2, 0) is 24.1 Å². The number of anilines is 1. The first-order valence-electron chi connectivity index (χ1n) is 13.6. The molecule has 0 saturated heterocycles. The molecule has 5 rings (SSSR count). The van der Waals surface area contributed by atoms with E-state index in [1.807, 2.05) is 60.7 Å². The number of hydrogen-bond donors (Lipinski definition) is 2. The highest BCUT2D eigenvalue weighted by atomic mass is 35.5. The number of azo groups is 1. The number of carbonyl (C=O) groups is 2. The molecule has 0 unspecified atom stereocenters. The summed E-state index contributed by atoms with van der Waals surface area (Å²) < 4.78 is 6.56. The zero-order valence-electron chi connectivity index (χ0n) is 23.4. The van der Waals surface area contributed by atoms with Crippen LogP contribution in [0.2, 0.25) is 5.02 Å². The van der Waals surface area contributed by atoms with E-state index < -0.39 is 6.03 Å². The van der Waals surface area contributed by atoms with Crippen LogP contribution in [0.25, 0.3) is 10.9 Å². The van der Waals surface area contributed by atoms with Crippen molar-refractivity contribution in [1.29, 1.82) is 0 Å². The normalized spacial score (nSPS) is 11.2. The molecule has 0 aliphatic heterocycles. The number of aromatic nitrogens is 1. The molecule has 0 fully saturated rings. The van der Waals surface area contributed by atoms with Crippen molar-refractivity contribution in [2.45, 2.75) is 24.3 Å². The summed E-state index contributed by atoms with van der Waals surface area (Å²) >= 11 is 7.81. The van der Waals surface area contributed by atoms with E-state index in [2.05, 4.69) is 15.5 Å². The minimum Gasteiger partial charge on any atom is -0.493 e. The highest BCUT2D eigenvalue weighted by Gasteiger charge is 2.18. The van der Waals surface area contributed by atoms with E-state index in [0.29, 0.717) is 34.6 Å². The number of esters is 1. The zero-order valence-corrected chi connectivity index (χ0v) is 24.9. The van der Waals surface area contributed by atoms with Crippen LogP contribution >= 0.6 is 23.4 Å². The van der Waals surface area contributed by atoms with Crippen molar-refractivity contribution in [2.24, 2.45) is 10.2 Å². The lowest BCUT2D eigenvalue weighted by Gasteiger charge is -2.08. The summed E-state index contributed by atoms with van der Waals surface area (Å²) in [6, 6.07) is 29.4. The number of carbonyl (C=O) groups excluding carboxylic acids is 2. The van der Waals surface area contributed by atoms with Crippen LogP contribution in [0.15, 0.2) is 112 Å². The number of methoxy groups -OCH3 is 1. The summed E-state index contributed by atoms with van der Waals surface area (Å²) in [6.07, 6.45) is 1.50. The molecule has 0 aliphatic rings. The maximum Gasteiger partial charge on any atom is 0.364 e. The van der Waals surface area contributed by atoms with E-state index in [1.54, 1.807) is 52.7 Å². The number of rotatable bonds is 10. The van der Waals surface area contributed by atoms with Crippen LogP contribution in [0.1, 0.15) is 21.5 Å². The monoisotopic (exact) mass is 612 g/mol. The molecule has 0 aliphatic carbocycles. The quantitative estimate of drug-likeness (QED) is 0.0932. The second-order valence-electron chi connectivity index (χ2n) is 9.64. The summed E-state index contributed by atoms with van der Waals surface area (Å²) in [5.74, 6) is 0.372. The molecule has 0 atom stereocenters. The summed E-state index contributed by atoms with van der Waals surface area (Å²) in [5, 5.41) is 23.0. The highest BCUT2D eigenvalue weighted by molar-refractivity contribution is 7.99. The van der Waals surface area contributed by atoms with E-state index in [1.165, 1.54) is 7.11 Å². The van der Waals surface area contributed by atoms with Crippen LogP contribution < -0.4 is 5.32 Å². The lowest BCUT2D eigenvalue weighted by molar-refractivity contribution is 0.0600. The number of ether oxygens (including phenoxy) is 1. The fraction of sp³-hybridized carbons (Fsp3) is 0.152. The van der Waals surface area contributed by atoms with Crippen molar-refractivity contribution in [3.8, 4) is 5.88 Å². The molecule has 218 valence electrons. The minimum absolute atomic E-state index is 0.0620. The number of para-hydroxylation sites is 1. The maximum absolute atomic E-state index is 12.6. The van der Waals surface area contributed by atoms with Gasteiger partial charge in [-0.05, 0) is 66.4 Å². The third-order valence-corrected chi connectivity index (χ3v) is 8.16. The average Bonchev–Trinajstić information content (AvgIpc) is 3.29. The molecular weight excluding hydrogens is 584 g/mol. The summed E-state index contributed by atoms with van der Waals surface area (Å²) in [7, 11) is 1.36. The Labute approximate surface area is 258 Å². The van der Waals surface area contributed by atoms with Crippen LogP contribution in [0, 0.1) is 0 Å². The Balaban J connectivity index is 1.37. The first kappa shape index (κ1) is 29.9. The number of nitrogens with one attached hydrogen (secondary N) is 1. The van der Waals surface area contributed by atoms with Gasteiger partial charge in [-0.1, -0.05) is 71.3 Å². The largest absolute Gasteiger partial charge is 0.493 e. The third kappa shape index (κ3) is 7.43. The third-order valence-electron chi connectivity index (χ3n) is 6.84. The Morgan fingerprint density at radius 1 is 0.930 bits per heavy atom. The molecule has 0 spiro atoms. The van der Waals surface area contributed by atoms with E-state index in [9.17, 15) is 14.7 Å². The number of hydrogen-bond acceptors (Lipinski definition) is 6. The second-order valence-corrected chi connectivity index (χ2v) is 11.2. The van der Waals surface area contributed by atoms with Gasteiger partial charge < -0.3 is 19.7 Å². The van der Waals surface area contributed by atoms with Crippen molar-refractivity contribution < 1.29 is 19.4 Å². The minimum atomic E-state index is -0.707. The lowest BCUT2D eigenvalue weighted by atomic mass is 10.1. The Bertz CT molecular complexity index is 1770. The first-order valence-corrected chi connectivity index (χ1v) is 15.0. The summed E-state index contributed by atoms with van der Waals surface area (Å²) in [4.78, 5) is 25.2. The predicted octanol–water partition coefficient (Wildman–Crippen LogP) is 8.68. The van der Waals surface area contributed by atoms with E-state index >= 15 is 0 Å². The van der Waals surface area contributed by atoms with Gasteiger partial charge >= 0.3 is 12.0 Å². The van der Waals surface area contributed by atoms with Crippen LogP contribution in [0.5, 0.6) is 5.88 Å². The molecule has 5 aromatic rings. The second kappa shape index (κ2) is 14.0. The van der Waals surface area contributed by atoms with Gasteiger partial charge in [0.25, 0.3) is 0 Å². The highest BCUT2D eigenvalue weighted by Crippen LogP contribution is 2.41. The van der Waals surface area contributed by atoms with Crippen LogP contribution in [0.3, 0.4) is 0 Å². The van der Waals surface area contributed by atoms with Crippen LogP contribution in [-0.4, -0.2) is 34.5 Å². The van der Waals surface area contributed by atoms with Crippen molar-refractivity contribution >= 4 is 57.6 Å². The number of amides is 2. The molecule has 0 radical (unpaired) electrons.